The third kappa shape index (κ3) is 2.20. The second-order valence-electron chi connectivity index (χ2n) is 4.31. The first-order valence-corrected chi connectivity index (χ1v) is 5.97. The predicted molar refractivity (Wildman–Crippen MR) is 67.8 cm³/mol. The molecule has 0 saturated heterocycles. The predicted octanol–water partition coefficient (Wildman–Crippen LogP) is 1.42. The van der Waals surface area contributed by atoms with Gasteiger partial charge in [-0.15, -0.1) is 0 Å². The quantitative estimate of drug-likeness (QED) is 0.540. The van der Waals surface area contributed by atoms with E-state index in [1.807, 2.05) is 0 Å². The normalized spacial score (nSPS) is 13.2. The number of benzene rings is 1. The molecule has 4 N–H and O–H groups in total. The van der Waals surface area contributed by atoms with Crippen LogP contribution in [0.2, 0.25) is 0 Å². The van der Waals surface area contributed by atoms with Crippen LogP contribution in [-0.2, 0) is 12.8 Å². The summed E-state index contributed by atoms with van der Waals surface area (Å²) in [5, 5.41) is 21.1. The van der Waals surface area contributed by atoms with Gasteiger partial charge in [0, 0.05) is 13.2 Å². The average Bonchev–Trinajstić information content (AvgIpc) is 2.80. The zero-order valence-electron chi connectivity index (χ0n) is 9.79. The fourth-order valence-corrected chi connectivity index (χ4v) is 2.41. The monoisotopic (exact) mass is 231 g/mol. The lowest BCUT2D eigenvalue weighted by atomic mass is 10.0. The number of nitriles is 1. The molecule has 2 rings (SSSR count). The van der Waals surface area contributed by atoms with Crippen LogP contribution < -0.4 is 11.1 Å². The Labute approximate surface area is 101 Å². The Morgan fingerprint density at radius 3 is 2.88 bits per heavy atom. The van der Waals surface area contributed by atoms with E-state index in [2.05, 4.69) is 11.4 Å². The topological polar surface area (TPSA) is 82.1 Å². The molecule has 0 amide bonds. The summed E-state index contributed by atoms with van der Waals surface area (Å²) in [7, 11) is 0. The fraction of sp³-hybridized carbons (Fsp3) is 0.462. The van der Waals surface area contributed by atoms with Crippen molar-refractivity contribution in [3.63, 3.8) is 0 Å². The number of fused-ring (bicyclic) bond motifs is 1. The zero-order chi connectivity index (χ0) is 12.3. The Balaban J connectivity index is 2.33. The van der Waals surface area contributed by atoms with Gasteiger partial charge in [-0.25, -0.2) is 0 Å². The van der Waals surface area contributed by atoms with E-state index in [0.29, 0.717) is 24.2 Å². The van der Waals surface area contributed by atoms with Crippen molar-refractivity contribution in [3.8, 4) is 6.07 Å². The molecule has 0 aromatic heterocycles. The second kappa shape index (κ2) is 5.07. The molecular formula is C13H17N3O. The number of rotatable bonds is 4. The molecule has 90 valence electrons. The summed E-state index contributed by atoms with van der Waals surface area (Å²) in [6.45, 7) is 0.879. The van der Waals surface area contributed by atoms with Gasteiger partial charge in [0.2, 0.25) is 0 Å². The van der Waals surface area contributed by atoms with Crippen LogP contribution in [0.4, 0.5) is 11.4 Å². The van der Waals surface area contributed by atoms with Crippen LogP contribution in [0.3, 0.4) is 0 Å². The summed E-state index contributed by atoms with van der Waals surface area (Å²) in [5.41, 5.74) is 10.6. The number of nitrogens with two attached hydrogens (primary N) is 1. The fourth-order valence-electron chi connectivity index (χ4n) is 2.41. The molecular weight excluding hydrogens is 214 g/mol. The van der Waals surface area contributed by atoms with E-state index in [1.54, 1.807) is 6.07 Å². The molecule has 4 heteroatoms. The van der Waals surface area contributed by atoms with Crippen LogP contribution >= 0.6 is 0 Å². The molecule has 0 radical (unpaired) electrons. The van der Waals surface area contributed by atoms with Crippen molar-refractivity contribution < 1.29 is 5.11 Å². The SMILES string of the molecule is N#Cc1cc(N)c(NCCCO)c2c1CCC2. The molecule has 0 atom stereocenters. The smallest absolute Gasteiger partial charge is 0.0995 e. The molecule has 0 bridgehead atoms. The van der Waals surface area contributed by atoms with Gasteiger partial charge >= 0.3 is 0 Å². The highest BCUT2D eigenvalue weighted by atomic mass is 16.3. The molecule has 0 saturated carbocycles. The minimum absolute atomic E-state index is 0.172. The van der Waals surface area contributed by atoms with Crippen molar-refractivity contribution in [3.05, 3.63) is 22.8 Å². The Bertz CT molecular complexity index is 463. The van der Waals surface area contributed by atoms with E-state index < -0.39 is 0 Å². The molecule has 0 spiro atoms. The maximum absolute atomic E-state index is 9.07. The first kappa shape index (κ1) is 11.7. The Morgan fingerprint density at radius 2 is 2.18 bits per heavy atom. The lowest BCUT2D eigenvalue weighted by Crippen LogP contribution is -2.09. The van der Waals surface area contributed by atoms with E-state index in [1.165, 1.54) is 5.56 Å². The molecule has 1 aromatic carbocycles. The number of anilines is 2. The second-order valence-corrected chi connectivity index (χ2v) is 4.31. The van der Waals surface area contributed by atoms with Gasteiger partial charge in [-0.2, -0.15) is 5.26 Å². The van der Waals surface area contributed by atoms with Gasteiger partial charge in [0.15, 0.2) is 0 Å². The van der Waals surface area contributed by atoms with E-state index >= 15 is 0 Å². The number of nitrogens with zero attached hydrogens (tertiary/aromatic N) is 1. The lowest BCUT2D eigenvalue weighted by molar-refractivity contribution is 0.292. The van der Waals surface area contributed by atoms with Crippen LogP contribution in [-0.4, -0.2) is 18.3 Å². The number of aliphatic hydroxyl groups is 1. The van der Waals surface area contributed by atoms with Crippen LogP contribution in [0.1, 0.15) is 29.5 Å². The van der Waals surface area contributed by atoms with Gasteiger partial charge in [-0.05, 0) is 42.9 Å². The standard InChI is InChI=1S/C13H17N3O/c14-8-9-7-12(15)13(16-5-2-6-17)11-4-1-3-10(9)11/h7,16-17H,1-6,15H2. The molecule has 17 heavy (non-hydrogen) atoms. The van der Waals surface area contributed by atoms with Gasteiger partial charge in [-0.1, -0.05) is 0 Å². The zero-order valence-corrected chi connectivity index (χ0v) is 9.79. The highest BCUT2D eigenvalue weighted by Gasteiger charge is 2.20. The Kier molecular flexibility index (Phi) is 3.50. The number of nitrogen functional groups attached to an aromatic ring is 1. The summed E-state index contributed by atoms with van der Waals surface area (Å²) in [6, 6.07) is 3.97. The van der Waals surface area contributed by atoms with E-state index in [0.717, 1.165) is 30.5 Å². The molecule has 0 heterocycles. The number of nitrogens with one attached hydrogen (secondary N) is 1. The van der Waals surface area contributed by atoms with Crippen molar-refractivity contribution >= 4 is 11.4 Å². The maximum Gasteiger partial charge on any atom is 0.0995 e. The van der Waals surface area contributed by atoms with Gasteiger partial charge in [0.25, 0.3) is 0 Å². The maximum atomic E-state index is 9.07. The van der Waals surface area contributed by atoms with Crippen molar-refractivity contribution in [1.82, 2.24) is 0 Å². The van der Waals surface area contributed by atoms with Crippen LogP contribution in [0, 0.1) is 11.3 Å². The number of hydrogen-bond donors (Lipinski definition) is 3. The molecule has 1 aromatic rings. The summed E-state index contributed by atoms with van der Waals surface area (Å²) >= 11 is 0. The van der Waals surface area contributed by atoms with E-state index in [-0.39, 0.29) is 6.61 Å². The highest BCUT2D eigenvalue weighted by Crippen LogP contribution is 2.35. The molecule has 1 aliphatic rings. The molecule has 0 aliphatic heterocycles. The van der Waals surface area contributed by atoms with E-state index in [4.69, 9.17) is 16.1 Å². The summed E-state index contributed by atoms with van der Waals surface area (Å²) in [5.74, 6) is 0. The molecule has 4 nitrogen and oxygen atoms in total. The third-order valence-corrected chi connectivity index (χ3v) is 3.19. The van der Waals surface area contributed by atoms with Gasteiger partial charge in [0.05, 0.1) is 23.0 Å². The largest absolute Gasteiger partial charge is 0.397 e. The molecule has 0 fully saturated rings. The Hall–Kier alpha value is -1.73. The van der Waals surface area contributed by atoms with E-state index in [9.17, 15) is 0 Å². The lowest BCUT2D eigenvalue weighted by Gasteiger charge is -2.15. The van der Waals surface area contributed by atoms with Crippen LogP contribution in [0.5, 0.6) is 0 Å². The average molecular weight is 231 g/mol. The van der Waals surface area contributed by atoms with Crippen molar-refractivity contribution in [2.24, 2.45) is 0 Å². The summed E-state index contributed by atoms with van der Waals surface area (Å²) in [6.07, 6.45) is 3.74. The van der Waals surface area contributed by atoms with Crippen LogP contribution in [0.15, 0.2) is 6.07 Å². The number of hydrogen-bond acceptors (Lipinski definition) is 4. The van der Waals surface area contributed by atoms with Gasteiger partial charge in [-0.3, -0.25) is 0 Å². The summed E-state index contributed by atoms with van der Waals surface area (Å²) in [4.78, 5) is 0. The minimum atomic E-state index is 0.172. The first-order valence-electron chi connectivity index (χ1n) is 5.97. The van der Waals surface area contributed by atoms with Gasteiger partial charge < -0.3 is 16.2 Å². The van der Waals surface area contributed by atoms with Crippen molar-refractivity contribution in [2.45, 2.75) is 25.7 Å². The molecule has 0 unspecified atom stereocenters. The minimum Gasteiger partial charge on any atom is -0.397 e. The first-order chi connectivity index (χ1) is 8.27. The highest BCUT2D eigenvalue weighted by molar-refractivity contribution is 5.76. The van der Waals surface area contributed by atoms with Crippen LogP contribution in [0.25, 0.3) is 0 Å². The third-order valence-electron chi connectivity index (χ3n) is 3.19. The number of aliphatic hydroxyl groups excluding tert-OH is 1. The van der Waals surface area contributed by atoms with Crippen molar-refractivity contribution in [2.75, 3.05) is 24.2 Å². The van der Waals surface area contributed by atoms with Gasteiger partial charge in [0.1, 0.15) is 0 Å². The Morgan fingerprint density at radius 1 is 1.41 bits per heavy atom. The molecule has 1 aliphatic carbocycles. The van der Waals surface area contributed by atoms with Crippen molar-refractivity contribution in [1.29, 1.82) is 5.26 Å². The summed E-state index contributed by atoms with van der Waals surface area (Å²) < 4.78 is 0.